The predicted molar refractivity (Wildman–Crippen MR) is 78.7 cm³/mol. The van der Waals surface area contributed by atoms with E-state index in [-0.39, 0.29) is 11.7 Å². The van der Waals surface area contributed by atoms with Gasteiger partial charge >= 0.3 is 0 Å². The monoisotopic (exact) mass is 267 g/mol. The van der Waals surface area contributed by atoms with Gasteiger partial charge in [-0.2, -0.15) is 0 Å². The molecule has 0 atom stereocenters. The summed E-state index contributed by atoms with van der Waals surface area (Å²) in [5.41, 5.74) is 1.95. The summed E-state index contributed by atoms with van der Waals surface area (Å²) in [6.07, 6.45) is 0.392. The third-order valence-electron chi connectivity index (χ3n) is 3.09. The van der Waals surface area contributed by atoms with E-state index >= 15 is 0 Å². The van der Waals surface area contributed by atoms with Crippen LogP contribution in [0.15, 0.2) is 54.6 Å². The molecule has 0 fully saturated rings. The molecule has 1 N–H and O–H groups in total. The summed E-state index contributed by atoms with van der Waals surface area (Å²) in [6.45, 7) is 2.25. The average Bonchev–Trinajstić information content (AvgIpc) is 2.52. The van der Waals surface area contributed by atoms with E-state index in [9.17, 15) is 9.59 Å². The number of Topliss-reactive ketones (excluding diaryl/α,β-unsaturated/α-hetero) is 1. The van der Waals surface area contributed by atoms with Gasteiger partial charge in [0.25, 0.3) is 5.91 Å². The molecule has 1 amide bonds. The van der Waals surface area contributed by atoms with E-state index in [2.05, 4.69) is 5.32 Å². The van der Waals surface area contributed by atoms with Crippen molar-refractivity contribution in [1.29, 1.82) is 0 Å². The van der Waals surface area contributed by atoms with Gasteiger partial charge in [-0.25, -0.2) is 0 Å². The van der Waals surface area contributed by atoms with Gasteiger partial charge in [0, 0.05) is 18.5 Å². The van der Waals surface area contributed by atoms with E-state index < -0.39 is 0 Å². The lowest BCUT2D eigenvalue weighted by molar-refractivity contribution is 0.0931. The Balaban J connectivity index is 2.12. The fourth-order valence-electron chi connectivity index (χ4n) is 1.99. The van der Waals surface area contributed by atoms with Crippen molar-refractivity contribution < 1.29 is 9.59 Å². The van der Waals surface area contributed by atoms with Crippen LogP contribution in [0.2, 0.25) is 0 Å². The van der Waals surface area contributed by atoms with Gasteiger partial charge in [0.05, 0.1) is 5.56 Å². The van der Waals surface area contributed by atoms with Crippen LogP contribution in [0.4, 0.5) is 0 Å². The molecule has 20 heavy (non-hydrogen) atoms. The zero-order valence-corrected chi connectivity index (χ0v) is 11.4. The molecule has 0 radical (unpaired) electrons. The summed E-state index contributed by atoms with van der Waals surface area (Å²) < 4.78 is 0. The van der Waals surface area contributed by atoms with E-state index in [1.54, 1.807) is 31.2 Å². The zero-order valence-electron chi connectivity index (χ0n) is 11.4. The molecule has 0 aliphatic carbocycles. The normalized spacial score (nSPS) is 10.1. The Morgan fingerprint density at radius 1 is 0.900 bits per heavy atom. The van der Waals surface area contributed by atoms with Gasteiger partial charge in [-0.05, 0) is 11.6 Å². The number of amides is 1. The summed E-state index contributed by atoms with van der Waals surface area (Å²) in [5, 5.41) is 2.84. The van der Waals surface area contributed by atoms with Crippen molar-refractivity contribution in [3.05, 3.63) is 71.3 Å². The molecule has 2 aromatic carbocycles. The number of hydrogen-bond acceptors (Lipinski definition) is 2. The molecule has 2 aromatic rings. The van der Waals surface area contributed by atoms with Gasteiger partial charge < -0.3 is 5.32 Å². The summed E-state index contributed by atoms with van der Waals surface area (Å²) in [4.78, 5) is 24.0. The van der Waals surface area contributed by atoms with Crippen molar-refractivity contribution in [1.82, 2.24) is 5.32 Å². The van der Waals surface area contributed by atoms with Crippen LogP contribution in [0, 0.1) is 0 Å². The molecule has 3 heteroatoms. The van der Waals surface area contributed by atoms with E-state index in [4.69, 9.17) is 0 Å². The number of benzene rings is 2. The minimum Gasteiger partial charge on any atom is -0.348 e. The maximum atomic E-state index is 12.2. The summed E-state index contributed by atoms with van der Waals surface area (Å²) in [5.74, 6) is -0.235. The van der Waals surface area contributed by atoms with Crippen LogP contribution in [-0.2, 0) is 6.54 Å². The maximum absolute atomic E-state index is 12.2. The number of nitrogens with one attached hydrogen (secondary N) is 1. The lowest BCUT2D eigenvalue weighted by Crippen LogP contribution is -2.24. The minimum atomic E-state index is -0.216. The molecule has 0 unspecified atom stereocenters. The molecule has 0 heterocycles. The molecule has 0 aromatic heterocycles. The van der Waals surface area contributed by atoms with Gasteiger partial charge in [-0.3, -0.25) is 9.59 Å². The minimum absolute atomic E-state index is 0.0181. The standard InChI is InChI=1S/C17H17NO2/c1-2-16(19)14-10-6-7-11-15(14)17(20)18-12-13-8-4-3-5-9-13/h3-11H,2,12H2,1H3,(H,18,20). The van der Waals surface area contributed by atoms with Crippen molar-refractivity contribution in [2.75, 3.05) is 0 Å². The molecule has 0 saturated heterocycles. The summed E-state index contributed by atoms with van der Waals surface area (Å²) >= 11 is 0. The number of ketones is 1. The van der Waals surface area contributed by atoms with Crippen LogP contribution in [-0.4, -0.2) is 11.7 Å². The van der Waals surface area contributed by atoms with E-state index in [1.807, 2.05) is 30.3 Å². The van der Waals surface area contributed by atoms with Crippen molar-refractivity contribution >= 4 is 11.7 Å². The van der Waals surface area contributed by atoms with Gasteiger partial charge in [-0.1, -0.05) is 55.5 Å². The topological polar surface area (TPSA) is 46.2 Å². The summed E-state index contributed by atoms with van der Waals surface area (Å²) in [7, 11) is 0. The first-order chi connectivity index (χ1) is 9.72. The predicted octanol–water partition coefficient (Wildman–Crippen LogP) is 3.21. The highest BCUT2D eigenvalue weighted by atomic mass is 16.2. The molecule has 2 rings (SSSR count). The molecule has 0 spiro atoms. The number of carbonyl (C=O) groups is 2. The molecular formula is C17H17NO2. The van der Waals surface area contributed by atoms with Crippen molar-refractivity contribution in [3.63, 3.8) is 0 Å². The van der Waals surface area contributed by atoms with Gasteiger partial charge in [0.2, 0.25) is 0 Å². The Labute approximate surface area is 118 Å². The highest BCUT2D eigenvalue weighted by Crippen LogP contribution is 2.11. The molecule has 102 valence electrons. The van der Waals surface area contributed by atoms with E-state index in [0.717, 1.165) is 5.56 Å². The average molecular weight is 267 g/mol. The Morgan fingerprint density at radius 3 is 2.15 bits per heavy atom. The Morgan fingerprint density at radius 2 is 1.50 bits per heavy atom. The van der Waals surface area contributed by atoms with Crippen LogP contribution in [0.3, 0.4) is 0 Å². The smallest absolute Gasteiger partial charge is 0.252 e. The second-order valence-electron chi connectivity index (χ2n) is 4.49. The molecule has 0 saturated carbocycles. The fourth-order valence-corrected chi connectivity index (χ4v) is 1.99. The van der Waals surface area contributed by atoms with Gasteiger partial charge in [-0.15, -0.1) is 0 Å². The van der Waals surface area contributed by atoms with Gasteiger partial charge in [0.1, 0.15) is 0 Å². The zero-order chi connectivity index (χ0) is 14.4. The van der Waals surface area contributed by atoms with Crippen molar-refractivity contribution in [2.45, 2.75) is 19.9 Å². The molecule has 3 nitrogen and oxygen atoms in total. The van der Waals surface area contributed by atoms with Gasteiger partial charge in [0.15, 0.2) is 5.78 Å². The van der Waals surface area contributed by atoms with Crippen LogP contribution in [0.1, 0.15) is 39.6 Å². The second kappa shape index (κ2) is 6.66. The molecule has 0 aliphatic heterocycles. The third kappa shape index (κ3) is 3.32. The maximum Gasteiger partial charge on any atom is 0.252 e. The molecule has 0 aliphatic rings. The van der Waals surface area contributed by atoms with Crippen LogP contribution in [0.5, 0.6) is 0 Å². The van der Waals surface area contributed by atoms with Crippen LogP contribution < -0.4 is 5.32 Å². The summed E-state index contributed by atoms with van der Waals surface area (Å²) in [6, 6.07) is 16.6. The fraction of sp³-hybridized carbons (Fsp3) is 0.176. The van der Waals surface area contributed by atoms with Crippen molar-refractivity contribution in [2.24, 2.45) is 0 Å². The quantitative estimate of drug-likeness (QED) is 0.845. The first-order valence-electron chi connectivity index (χ1n) is 6.66. The molecular weight excluding hydrogens is 250 g/mol. The highest BCUT2D eigenvalue weighted by molar-refractivity contribution is 6.07. The second-order valence-corrected chi connectivity index (χ2v) is 4.49. The van der Waals surface area contributed by atoms with E-state index in [0.29, 0.717) is 24.1 Å². The first kappa shape index (κ1) is 14.0. The number of rotatable bonds is 5. The molecule has 0 bridgehead atoms. The third-order valence-corrected chi connectivity index (χ3v) is 3.09. The lowest BCUT2D eigenvalue weighted by atomic mass is 10.0. The first-order valence-corrected chi connectivity index (χ1v) is 6.66. The number of hydrogen-bond donors (Lipinski definition) is 1. The number of carbonyl (C=O) groups excluding carboxylic acids is 2. The van der Waals surface area contributed by atoms with E-state index in [1.165, 1.54) is 0 Å². The van der Waals surface area contributed by atoms with Crippen LogP contribution >= 0.6 is 0 Å². The Hall–Kier alpha value is -2.42. The van der Waals surface area contributed by atoms with Crippen LogP contribution in [0.25, 0.3) is 0 Å². The largest absolute Gasteiger partial charge is 0.348 e. The SMILES string of the molecule is CCC(=O)c1ccccc1C(=O)NCc1ccccc1. The van der Waals surface area contributed by atoms with Crippen molar-refractivity contribution in [3.8, 4) is 0 Å². The highest BCUT2D eigenvalue weighted by Gasteiger charge is 2.14. The Kier molecular flexibility index (Phi) is 4.66. The Bertz CT molecular complexity index is 605. The lowest BCUT2D eigenvalue weighted by Gasteiger charge is -2.09.